The van der Waals surface area contributed by atoms with Crippen molar-refractivity contribution >= 4 is 11.6 Å². The zero-order valence-corrected chi connectivity index (χ0v) is 17.9. The summed E-state index contributed by atoms with van der Waals surface area (Å²) in [7, 11) is 0. The van der Waals surface area contributed by atoms with E-state index >= 15 is 0 Å². The number of fused-ring (bicyclic) bond motifs is 1. The van der Waals surface area contributed by atoms with Crippen LogP contribution in [0.3, 0.4) is 0 Å². The summed E-state index contributed by atoms with van der Waals surface area (Å²) in [5.41, 5.74) is 2.02. The number of carbonyl (C=O) groups excluding carboxylic acids is 1. The lowest BCUT2D eigenvalue weighted by Gasteiger charge is -2.25. The van der Waals surface area contributed by atoms with Gasteiger partial charge in [0.1, 0.15) is 0 Å². The van der Waals surface area contributed by atoms with E-state index in [0.29, 0.717) is 29.9 Å². The molecule has 0 aromatic heterocycles. The maximum atomic E-state index is 13.7. The van der Waals surface area contributed by atoms with Crippen LogP contribution in [0.15, 0.2) is 23.2 Å². The van der Waals surface area contributed by atoms with Gasteiger partial charge in [0, 0.05) is 35.7 Å². The number of piperidine rings is 1. The van der Waals surface area contributed by atoms with E-state index in [1.54, 1.807) is 23.1 Å². The predicted octanol–water partition coefficient (Wildman–Crippen LogP) is 5.31. The van der Waals surface area contributed by atoms with Crippen molar-refractivity contribution in [2.45, 2.75) is 52.1 Å². The van der Waals surface area contributed by atoms with E-state index in [2.05, 4.69) is 4.99 Å². The number of halogens is 5. The second kappa shape index (κ2) is 7.27. The summed E-state index contributed by atoms with van der Waals surface area (Å²) in [4.78, 5) is 19.2. The van der Waals surface area contributed by atoms with Gasteiger partial charge in [-0.15, -0.1) is 0 Å². The second-order valence-electron chi connectivity index (χ2n) is 9.69. The minimum Gasteiger partial charge on any atom is -0.337 e. The van der Waals surface area contributed by atoms with Crippen molar-refractivity contribution in [2.75, 3.05) is 19.6 Å². The third kappa shape index (κ3) is 4.10. The number of hydrogen-bond donors (Lipinski definition) is 0. The summed E-state index contributed by atoms with van der Waals surface area (Å²) in [6, 6.07) is 5.26. The highest BCUT2D eigenvalue weighted by Crippen LogP contribution is 2.61. The molecule has 1 aromatic carbocycles. The summed E-state index contributed by atoms with van der Waals surface area (Å²) >= 11 is 0. The average Bonchev–Trinajstić information content (AvgIpc) is 3.05. The molecule has 3 nitrogen and oxygen atoms in total. The number of aliphatic imine (C=N–C) groups is 1. The number of alkyl halides is 5. The molecule has 170 valence electrons. The van der Waals surface area contributed by atoms with E-state index in [1.807, 2.05) is 6.92 Å². The molecule has 0 radical (unpaired) electrons. The molecule has 2 heterocycles. The molecule has 2 fully saturated rings. The number of amides is 1. The van der Waals surface area contributed by atoms with Gasteiger partial charge in [-0.1, -0.05) is 24.6 Å². The first-order chi connectivity index (χ1) is 14.3. The van der Waals surface area contributed by atoms with Crippen molar-refractivity contribution in [2.24, 2.45) is 28.2 Å². The highest BCUT2D eigenvalue weighted by Gasteiger charge is 2.65. The summed E-state index contributed by atoms with van der Waals surface area (Å²) in [5, 5.41) is 0. The third-order valence-electron chi connectivity index (χ3n) is 7.30. The van der Waals surface area contributed by atoms with E-state index in [1.165, 1.54) is 6.92 Å². The third-order valence-corrected chi connectivity index (χ3v) is 7.30. The van der Waals surface area contributed by atoms with Gasteiger partial charge in [-0.25, -0.2) is 8.78 Å². The van der Waals surface area contributed by atoms with Crippen molar-refractivity contribution in [1.29, 1.82) is 0 Å². The molecule has 4 rings (SSSR count). The topological polar surface area (TPSA) is 32.7 Å². The lowest BCUT2D eigenvalue weighted by molar-refractivity contribution is -0.167. The highest BCUT2D eigenvalue weighted by molar-refractivity contribution is 5.99. The maximum Gasteiger partial charge on any atom is 0.393 e. The van der Waals surface area contributed by atoms with Crippen molar-refractivity contribution in [3.8, 4) is 0 Å². The molecule has 1 aliphatic carbocycles. The largest absolute Gasteiger partial charge is 0.393 e. The number of benzene rings is 1. The number of carbonyl (C=O) groups is 1. The quantitative estimate of drug-likeness (QED) is 0.569. The van der Waals surface area contributed by atoms with Crippen LogP contribution >= 0.6 is 0 Å². The maximum absolute atomic E-state index is 13.7. The van der Waals surface area contributed by atoms with Gasteiger partial charge in [-0.2, -0.15) is 13.2 Å². The van der Waals surface area contributed by atoms with Crippen molar-refractivity contribution in [3.63, 3.8) is 0 Å². The van der Waals surface area contributed by atoms with Gasteiger partial charge in [-0.05, 0) is 50.7 Å². The molecule has 8 heteroatoms. The molecule has 1 saturated carbocycles. The molecule has 0 spiro atoms. The van der Waals surface area contributed by atoms with Gasteiger partial charge in [0.05, 0.1) is 12.5 Å². The molecule has 4 atom stereocenters. The Bertz CT molecular complexity index is 920. The van der Waals surface area contributed by atoms with Gasteiger partial charge in [0.15, 0.2) is 0 Å². The first-order valence-corrected chi connectivity index (χ1v) is 10.7. The molecule has 1 amide bonds. The van der Waals surface area contributed by atoms with Crippen LogP contribution in [0.25, 0.3) is 0 Å². The van der Waals surface area contributed by atoms with Crippen LogP contribution in [0, 0.1) is 30.1 Å². The Balaban J connectivity index is 1.50. The Morgan fingerprint density at radius 1 is 1.29 bits per heavy atom. The number of rotatable bonds is 5. The lowest BCUT2D eigenvalue weighted by Crippen LogP contribution is -2.35. The Labute approximate surface area is 178 Å². The Morgan fingerprint density at radius 3 is 2.61 bits per heavy atom. The van der Waals surface area contributed by atoms with Crippen molar-refractivity contribution in [3.05, 3.63) is 34.9 Å². The number of hydrogen-bond acceptors (Lipinski definition) is 2. The molecule has 0 N–H and O–H groups in total. The van der Waals surface area contributed by atoms with Gasteiger partial charge >= 0.3 is 6.18 Å². The van der Waals surface area contributed by atoms with E-state index in [9.17, 15) is 26.7 Å². The molecular formula is C23H27F5N2O. The van der Waals surface area contributed by atoms with Crippen LogP contribution in [0.4, 0.5) is 22.0 Å². The standard InChI is InChI=1S/C23H27F5N2O/c1-13-4-5-15(7-14(2)21(3,24)25)18(6-13)20(31)30-11-17-9-22(17,12-30)19-8-16(10-29-19)23(26,27)28/h4-6,14,16-17H,7-12H2,1-3H3. The number of aryl methyl sites for hydroxylation is 1. The highest BCUT2D eigenvalue weighted by atomic mass is 19.4. The van der Waals surface area contributed by atoms with Crippen molar-refractivity contribution < 1.29 is 26.7 Å². The minimum absolute atomic E-state index is 0.0766. The van der Waals surface area contributed by atoms with Gasteiger partial charge in [-0.3, -0.25) is 9.79 Å². The summed E-state index contributed by atoms with van der Waals surface area (Å²) < 4.78 is 66.6. The van der Waals surface area contributed by atoms with Crippen LogP contribution in [-0.4, -0.2) is 48.3 Å². The SMILES string of the molecule is Cc1ccc(CC(C)C(C)(F)F)c(C(=O)N2CC3CC3(C3=NCC(C(F)(F)F)C3)C2)c1. The van der Waals surface area contributed by atoms with Crippen LogP contribution in [0.1, 0.15) is 48.2 Å². The first kappa shape index (κ1) is 22.2. The molecule has 4 unspecified atom stereocenters. The molecule has 1 aromatic rings. The van der Waals surface area contributed by atoms with E-state index in [-0.39, 0.29) is 31.2 Å². The average molecular weight is 442 g/mol. The first-order valence-electron chi connectivity index (χ1n) is 10.7. The van der Waals surface area contributed by atoms with Gasteiger partial charge in [0.25, 0.3) is 5.91 Å². The van der Waals surface area contributed by atoms with Gasteiger partial charge < -0.3 is 4.90 Å². The summed E-state index contributed by atoms with van der Waals surface area (Å²) in [6.07, 6.45) is -3.50. The fourth-order valence-electron chi connectivity index (χ4n) is 4.99. The van der Waals surface area contributed by atoms with Crippen LogP contribution in [-0.2, 0) is 6.42 Å². The molecule has 3 aliphatic rings. The second-order valence-corrected chi connectivity index (χ2v) is 9.69. The molecular weight excluding hydrogens is 415 g/mol. The zero-order valence-electron chi connectivity index (χ0n) is 17.9. The van der Waals surface area contributed by atoms with E-state index in [4.69, 9.17) is 0 Å². The van der Waals surface area contributed by atoms with Crippen LogP contribution in [0.2, 0.25) is 0 Å². The smallest absolute Gasteiger partial charge is 0.337 e. The fourth-order valence-corrected chi connectivity index (χ4v) is 4.99. The molecule has 0 bridgehead atoms. The van der Waals surface area contributed by atoms with Crippen LogP contribution in [0.5, 0.6) is 0 Å². The monoisotopic (exact) mass is 442 g/mol. The minimum atomic E-state index is -4.26. The summed E-state index contributed by atoms with van der Waals surface area (Å²) in [6.45, 7) is 4.78. The predicted molar refractivity (Wildman–Crippen MR) is 108 cm³/mol. The fraction of sp³-hybridized carbons (Fsp3) is 0.652. The van der Waals surface area contributed by atoms with E-state index in [0.717, 1.165) is 18.9 Å². The Morgan fingerprint density at radius 2 is 2.00 bits per heavy atom. The van der Waals surface area contributed by atoms with Crippen molar-refractivity contribution in [1.82, 2.24) is 4.90 Å². The number of nitrogens with zero attached hydrogens (tertiary/aromatic N) is 2. The molecule has 2 aliphatic heterocycles. The van der Waals surface area contributed by atoms with Gasteiger partial charge in [0.2, 0.25) is 5.92 Å². The zero-order chi connectivity index (χ0) is 22.8. The summed E-state index contributed by atoms with van der Waals surface area (Å²) in [5.74, 6) is -5.31. The molecule has 31 heavy (non-hydrogen) atoms. The van der Waals surface area contributed by atoms with E-state index < -0.39 is 29.3 Å². The molecule has 1 saturated heterocycles. The normalized spacial score (nSPS) is 29.0. The Kier molecular flexibility index (Phi) is 5.21. The lowest BCUT2D eigenvalue weighted by atomic mass is 9.91. The Hall–Kier alpha value is -1.99. The number of likely N-dealkylation sites (tertiary alicyclic amines) is 1. The van der Waals surface area contributed by atoms with Crippen LogP contribution < -0.4 is 0 Å².